The summed E-state index contributed by atoms with van der Waals surface area (Å²) in [6, 6.07) is 8.10. The van der Waals surface area contributed by atoms with E-state index in [0.29, 0.717) is 0 Å². The quantitative estimate of drug-likeness (QED) is 0.854. The summed E-state index contributed by atoms with van der Waals surface area (Å²) in [4.78, 5) is 0.227. The van der Waals surface area contributed by atoms with Gasteiger partial charge in [0.05, 0.1) is 10.5 Å². The van der Waals surface area contributed by atoms with Gasteiger partial charge in [-0.3, -0.25) is 0 Å². The van der Waals surface area contributed by atoms with E-state index in [0.717, 1.165) is 5.41 Å². The molecule has 0 aliphatic heterocycles. The fourth-order valence-electron chi connectivity index (χ4n) is 0.945. The van der Waals surface area contributed by atoms with Crippen LogP contribution >= 0.6 is 0 Å². The zero-order valence-corrected chi connectivity index (χ0v) is 9.53. The molecule has 0 atom stereocenters. The molecule has 15 heavy (non-hydrogen) atoms. The van der Waals surface area contributed by atoms with Gasteiger partial charge in [0.25, 0.3) is 0 Å². The summed E-state index contributed by atoms with van der Waals surface area (Å²) in [5.74, 6) is 0. The highest BCUT2D eigenvalue weighted by Gasteiger charge is 2.13. The highest BCUT2D eigenvalue weighted by Crippen LogP contribution is 2.13. The van der Waals surface area contributed by atoms with E-state index in [1.165, 1.54) is 32.1 Å². The van der Waals surface area contributed by atoms with Crippen LogP contribution in [0.5, 0.6) is 0 Å². The molecule has 82 valence electrons. The number of hydrogen-bond acceptors (Lipinski definition) is 3. The predicted octanol–water partition coefficient (Wildman–Crippen LogP) is 1.74. The number of hydrogen-bond donors (Lipinski definition) is 1. The molecule has 0 unspecified atom stereocenters. The first kappa shape index (κ1) is 11.9. The summed E-state index contributed by atoms with van der Waals surface area (Å²) in [5, 5.41) is 10.4. The first-order valence-electron chi connectivity index (χ1n) is 4.53. The van der Waals surface area contributed by atoms with Crippen LogP contribution in [0.25, 0.3) is 0 Å². The molecule has 0 saturated heterocycles. The molecule has 0 aliphatic rings. The molecule has 0 fully saturated rings. The Bertz CT molecular complexity index is 438. The second-order valence-corrected chi connectivity index (χ2v) is 5.65. The van der Waals surface area contributed by atoms with Gasteiger partial charge in [0.15, 0.2) is 9.84 Å². The molecule has 4 heteroatoms. The van der Waals surface area contributed by atoms with Crippen LogP contribution in [0.2, 0.25) is 0 Å². The summed E-state index contributed by atoms with van der Waals surface area (Å²) < 4.78 is 23.4. The first-order chi connectivity index (χ1) is 6.81. The van der Waals surface area contributed by atoms with Gasteiger partial charge >= 0.3 is 0 Å². The lowest BCUT2D eigenvalue weighted by atomic mass is 10.1. The fraction of sp³-hybridized carbons (Fsp3) is 0.273. The molecule has 1 rings (SSSR count). The van der Waals surface area contributed by atoms with Gasteiger partial charge in [-0.05, 0) is 32.1 Å². The average Bonchev–Trinajstić information content (AvgIpc) is 2.16. The Morgan fingerprint density at radius 3 is 2.20 bits per heavy atom. The van der Waals surface area contributed by atoms with Crippen molar-refractivity contribution in [3.63, 3.8) is 0 Å². The molecule has 1 N–H and O–H groups in total. The summed E-state index contributed by atoms with van der Waals surface area (Å²) >= 11 is 0. The van der Waals surface area contributed by atoms with Crippen molar-refractivity contribution in [2.24, 2.45) is 0 Å². The molecule has 0 saturated carbocycles. The second kappa shape index (κ2) is 4.16. The van der Waals surface area contributed by atoms with Crippen molar-refractivity contribution in [3.05, 3.63) is 41.8 Å². The van der Waals surface area contributed by atoms with E-state index in [4.69, 9.17) is 0 Å². The largest absolute Gasteiger partial charge is 0.386 e. The maximum absolute atomic E-state index is 11.7. The third kappa shape index (κ3) is 3.85. The highest BCUT2D eigenvalue weighted by molar-refractivity contribution is 7.94. The summed E-state index contributed by atoms with van der Waals surface area (Å²) in [6.07, 6.45) is 1.26. The first-order valence-corrected chi connectivity index (χ1v) is 6.08. The van der Waals surface area contributed by atoms with Crippen molar-refractivity contribution in [2.75, 3.05) is 0 Å². The predicted molar refractivity (Wildman–Crippen MR) is 59.1 cm³/mol. The summed E-state index contributed by atoms with van der Waals surface area (Å²) in [5.41, 5.74) is -1.12. The van der Waals surface area contributed by atoms with Crippen LogP contribution < -0.4 is 0 Å². The normalized spacial score (nSPS) is 13.3. The van der Waals surface area contributed by atoms with Gasteiger partial charge in [0.2, 0.25) is 0 Å². The lowest BCUT2D eigenvalue weighted by molar-refractivity contribution is 0.133. The monoisotopic (exact) mass is 226 g/mol. The maximum atomic E-state index is 11.7. The molecule has 1 aromatic rings. The van der Waals surface area contributed by atoms with Gasteiger partial charge in [-0.1, -0.05) is 18.2 Å². The van der Waals surface area contributed by atoms with Crippen LogP contribution in [-0.2, 0) is 9.84 Å². The van der Waals surface area contributed by atoms with Gasteiger partial charge in [0.1, 0.15) is 0 Å². The molecule has 1 aromatic carbocycles. The Morgan fingerprint density at radius 1 is 1.20 bits per heavy atom. The van der Waals surface area contributed by atoms with Crippen molar-refractivity contribution in [2.45, 2.75) is 24.3 Å². The Kier molecular flexibility index (Phi) is 3.31. The Morgan fingerprint density at radius 2 is 1.73 bits per heavy atom. The van der Waals surface area contributed by atoms with E-state index in [9.17, 15) is 13.5 Å². The standard InChI is InChI=1S/C11H14O3S/c1-11(2,12)8-9-15(13,14)10-6-4-3-5-7-10/h3-9,12H,1-2H3/b9-8+. The van der Waals surface area contributed by atoms with Crippen LogP contribution in [0.4, 0.5) is 0 Å². The SMILES string of the molecule is CC(C)(O)/C=C/S(=O)(=O)c1ccccc1. The number of sulfone groups is 1. The Balaban J connectivity index is 3.01. The minimum Gasteiger partial charge on any atom is -0.386 e. The molecule has 0 heterocycles. The van der Waals surface area contributed by atoms with Crippen molar-refractivity contribution >= 4 is 9.84 Å². The lowest BCUT2D eigenvalue weighted by Gasteiger charge is -2.09. The van der Waals surface area contributed by atoms with Gasteiger partial charge in [-0.25, -0.2) is 8.42 Å². The van der Waals surface area contributed by atoms with Crippen LogP contribution in [-0.4, -0.2) is 19.1 Å². The highest BCUT2D eigenvalue weighted by atomic mass is 32.2. The van der Waals surface area contributed by atoms with Crippen molar-refractivity contribution < 1.29 is 13.5 Å². The summed E-state index contributed by atoms with van der Waals surface area (Å²) in [6.45, 7) is 3.04. The number of benzene rings is 1. The van der Waals surface area contributed by atoms with Crippen LogP contribution in [0.3, 0.4) is 0 Å². The van der Waals surface area contributed by atoms with E-state index in [1.807, 2.05) is 0 Å². The van der Waals surface area contributed by atoms with Crippen molar-refractivity contribution in [1.29, 1.82) is 0 Å². The molecule has 0 bridgehead atoms. The molecule has 0 aliphatic carbocycles. The van der Waals surface area contributed by atoms with E-state index in [-0.39, 0.29) is 4.90 Å². The van der Waals surface area contributed by atoms with Crippen LogP contribution in [0, 0.1) is 0 Å². The Hall–Kier alpha value is -1.13. The molecule has 0 spiro atoms. The zero-order valence-electron chi connectivity index (χ0n) is 8.71. The minimum absolute atomic E-state index is 0.227. The fourth-order valence-corrected chi connectivity index (χ4v) is 2.15. The van der Waals surface area contributed by atoms with Crippen molar-refractivity contribution in [1.82, 2.24) is 0 Å². The van der Waals surface area contributed by atoms with Crippen LogP contribution in [0.1, 0.15) is 13.8 Å². The smallest absolute Gasteiger partial charge is 0.199 e. The maximum Gasteiger partial charge on any atom is 0.199 e. The molecular weight excluding hydrogens is 212 g/mol. The topological polar surface area (TPSA) is 54.4 Å². The minimum atomic E-state index is -3.43. The van der Waals surface area contributed by atoms with Crippen molar-refractivity contribution in [3.8, 4) is 0 Å². The third-order valence-electron chi connectivity index (χ3n) is 1.73. The Labute approximate surface area is 90.0 Å². The number of rotatable bonds is 3. The molecule has 3 nitrogen and oxygen atoms in total. The van der Waals surface area contributed by atoms with E-state index >= 15 is 0 Å². The van der Waals surface area contributed by atoms with Gasteiger partial charge < -0.3 is 5.11 Å². The average molecular weight is 226 g/mol. The second-order valence-electron chi connectivity index (χ2n) is 3.81. The van der Waals surface area contributed by atoms with E-state index < -0.39 is 15.4 Å². The molecular formula is C11H14O3S. The van der Waals surface area contributed by atoms with E-state index in [1.54, 1.807) is 18.2 Å². The molecule has 0 aromatic heterocycles. The van der Waals surface area contributed by atoms with Crippen LogP contribution in [0.15, 0.2) is 46.7 Å². The summed E-state index contributed by atoms with van der Waals surface area (Å²) in [7, 11) is -3.43. The lowest BCUT2D eigenvalue weighted by Crippen LogP contribution is -2.14. The third-order valence-corrected chi connectivity index (χ3v) is 3.15. The van der Waals surface area contributed by atoms with E-state index in [2.05, 4.69) is 0 Å². The van der Waals surface area contributed by atoms with Gasteiger partial charge in [0, 0.05) is 5.41 Å². The zero-order chi connectivity index (χ0) is 11.5. The van der Waals surface area contributed by atoms with Gasteiger partial charge in [-0.2, -0.15) is 0 Å². The molecule has 0 radical (unpaired) electrons. The molecule has 0 amide bonds. The van der Waals surface area contributed by atoms with Gasteiger partial charge in [-0.15, -0.1) is 0 Å². The number of aliphatic hydroxyl groups is 1.